The van der Waals surface area contributed by atoms with Gasteiger partial charge in [0, 0.05) is 6.54 Å². The quantitative estimate of drug-likeness (QED) is 0.752. The minimum atomic E-state index is 0.561. The fraction of sp³-hybridized carbons (Fsp3) is 0.889. The molecule has 1 aromatic heterocycles. The Labute approximate surface area is 94.8 Å². The smallest absolute Gasteiger partial charge is 0.161 e. The third-order valence-corrected chi connectivity index (χ3v) is 3.34. The summed E-state index contributed by atoms with van der Waals surface area (Å²) < 4.78 is 1.88. The Morgan fingerprint density at radius 1 is 1.53 bits per heavy atom. The van der Waals surface area contributed by atoms with Gasteiger partial charge >= 0.3 is 0 Å². The number of hydrogen-bond donors (Lipinski definition) is 1. The minimum absolute atomic E-state index is 0.561. The first-order chi connectivity index (χ1) is 7.27. The van der Waals surface area contributed by atoms with Crippen LogP contribution in [0.2, 0.25) is 0 Å². The van der Waals surface area contributed by atoms with Crippen LogP contribution in [-0.4, -0.2) is 32.5 Å². The highest BCUT2D eigenvalue weighted by Crippen LogP contribution is 2.12. The van der Waals surface area contributed by atoms with Crippen LogP contribution in [0.4, 0.5) is 0 Å². The van der Waals surface area contributed by atoms with Crippen LogP contribution >= 0.6 is 11.8 Å². The summed E-state index contributed by atoms with van der Waals surface area (Å²) >= 11 is 1.84. The second kappa shape index (κ2) is 6.79. The Kier molecular flexibility index (Phi) is 5.63. The Morgan fingerprint density at radius 3 is 3.00 bits per heavy atom. The van der Waals surface area contributed by atoms with Gasteiger partial charge in [-0.2, -0.15) is 11.8 Å². The van der Waals surface area contributed by atoms with Crippen molar-refractivity contribution in [1.29, 1.82) is 0 Å². The van der Waals surface area contributed by atoms with Crippen LogP contribution in [0.5, 0.6) is 0 Å². The summed E-state index contributed by atoms with van der Waals surface area (Å²) in [5, 5.41) is 11.6. The fourth-order valence-electron chi connectivity index (χ4n) is 1.13. The highest BCUT2D eigenvalue weighted by Gasteiger charge is 2.06. The number of hydrogen-bond acceptors (Lipinski definition) is 5. The molecule has 0 aromatic carbocycles. The monoisotopic (exact) mass is 229 g/mol. The van der Waals surface area contributed by atoms with Crippen molar-refractivity contribution in [2.75, 3.05) is 12.3 Å². The number of tetrazole rings is 1. The van der Waals surface area contributed by atoms with Crippen molar-refractivity contribution in [2.45, 2.75) is 32.6 Å². The van der Waals surface area contributed by atoms with E-state index in [1.165, 1.54) is 0 Å². The zero-order chi connectivity index (χ0) is 11.1. The van der Waals surface area contributed by atoms with Gasteiger partial charge in [0.2, 0.25) is 0 Å². The summed E-state index contributed by atoms with van der Waals surface area (Å²) in [6.45, 7) is 5.92. The van der Waals surface area contributed by atoms with E-state index in [-0.39, 0.29) is 0 Å². The van der Waals surface area contributed by atoms with Gasteiger partial charge in [-0.05, 0) is 35.1 Å². The van der Waals surface area contributed by atoms with Gasteiger partial charge in [0.05, 0.1) is 5.75 Å². The van der Waals surface area contributed by atoms with Crippen molar-refractivity contribution in [3.63, 3.8) is 0 Å². The normalized spacial score (nSPS) is 13.0. The maximum atomic E-state index is 5.55. The summed E-state index contributed by atoms with van der Waals surface area (Å²) in [4.78, 5) is 0. The van der Waals surface area contributed by atoms with Crippen molar-refractivity contribution in [3.8, 4) is 0 Å². The first-order valence-corrected chi connectivity index (χ1v) is 6.46. The molecule has 0 aliphatic heterocycles. The molecule has 0 bridgehead atoms. The molecule has 0 radical (unpaired) electrons. The van der Waals surface area contributed by atoms with Gasteiger partial charge in [0.1, 0.15) is 0 Å². The van der Waals surface area contributed by atoms with Crippen molar-refractivity contribution in [3.05, 3.63) is 5.82 Å². The van der Waals surface area contributed by atoms with Crippen LogP contribution in [0.3, 0.4) is 0 Å². The number of rotatable bonds is 7. The number of aryl methyl sites for hydroxylation is 1. The summed E-state index contributed by atoms with van der Waals surface area (Å²) in [5.74, 6) is 3.46. The van der Waals surface area contributed by atoms with Crippen LogP contribution < -0.4 is 5.73 Å². The van der Waals surface area contributed by atoms with E-state index in [0.29, 0.717) is 5.92 Å². The number of aromatic nitrogens is 4. The number of nitrogens with zero attached hydrogens (tertiary/aromatic N) is 4. The molecule has 0 fully saturated rings. The Balaban J connectivity index is 2.33. The van der Waals surface area contributed by atoms with E-state index < -0.39 is 0 Å². The van der Waals surface area contributed by atoms with Crippen molar-refractivity contribution in [2.24, 2.45) is 11.7 Å². The molecule has 86 valence electrons. The van der Waals surface area contributed by atoms with Gasteiger partial charge < -0.3 is 5.73 Å². The molecule has 0 amide bonds. The Bertz CT molecular complexity index is 275. The van der Waals surface area contributed by atoms with E-state index in [0.717, 1.165) is 36.8 Å². The highest BCUT2D eigenvalue weighted by atomic mass is 32.2. The second-order valence-corrected chi connectivity index (χ2v) is 4.70. The average molecular weight is 229 g/mol. The fourth-order valence-corrected chi connectivity index (χ4v) is 2.18. The molecule has 6 heteroatoms. The Morgan fingerprint density at radius 2 is 2.33 bits per heavy atom. The number of thioether (sulfide) groups is 1. The van der Waals surface area contributed by atoms with Gasteiger partial charge in [0.25, 0.3) is 0 Å². The molecule has 0 saturated carbocycles. The molecule has 0 spiro atoms. The van der Waals surface area contributed by atoms with E-state index >= 15 is 0 Å². The molecule has 15 heavy (non-hydrogen) atoms. The Hall–Kier alpha value is -0.620. The van der Waals surface area contributed by atoms with Crippen LogP contribution in [-0.2, 0) is 12.3 Å². The molecule has 5 nitrogen and oxygen atoms in total. The second-order valence-electron chi connectivity index (χ2n) is 3.67. The van der Waals surface area contributed by atoms with Crippen molar-refractivity contribution >= 4 is 11.8 Å². The largest absolute Gasteiger partial charge is 0.330 e. The summed E-state index contributed by atoms with van der Waals surface area (Å²) in [7, 11) is 0. The summed E-state index contributed by atoms with van der Waals surface area (Å²) in [5.41, 5.74) is 5.55. The molecule has 1 aromatic rings. The first-order valence-electron chi connectivity index (χ1n) is 5.30. The molecule has 2 N–H and O–H groups in total. The van der Waals surface area contributed by atoms with Gasteiger partial charge in [-0.15, -0.1) is 5.10 Å². The van der Waals surface area contributed by atoms with E-state index in [1.54, 1.807) is 0 Å². The molecule has 1 heterocycles. The van der Waals surface area contributed by atoms with E-state index in [4.69, 9.17) is 5.73 Å². The lowest BCUT2D eigenvalue weighted by atomic mass is 10.2. The maximum Gasteiger partial charge on any atom is 0.161 e. The van der Waals surface area contributed by atoms with Crippen molar-refractivity contribution in [1.82, 2.24) is 20.2 Å². The molecule has 0 saturated heterocycles. The molecule has 1 unspecified atom stereocenters. The third kappa shape index (κ3) is 4.17. The highest BCUT2D eigenvalue weighted by molar-refractivity contribution is 7.98. The van der Waals surface area contributed by atoms with E-state index in [1.807, 2.05) is 16.4 Å². The molecule has 1 rings (SSSR count). The molecular weight excluding hydrogens is 210 g/mol. The topological polar surface area (TPSA) is 69.6 Å². The maximum absolute atomic E-state index is 5.55. The van der Waals surface area contributed by atoms with Crippen LogP contribution in [0.25, 0.3) is 0 Å². The van der Waals surface area contributed by atoms with E-state index in [9.17, 15) is 0 Å². The third-order valence-electron chi connectivity index (χ3n) is 2.08. The SMILES string of the molecule is CCCn1nnnc1CSCC(C)CN. The van der Waals surface area contributed by atoms with Crippen LogP contribution in [0.1, 0.15) is 26.1 Å². The number of nitrogens with two attached hydrogens (primary N) is 1. The van der Waals surface area contributed by atoms with Gasteiger partial charge in [-0.25, -0.2) is 4.68 Å². The summed E-state index contributed by atoms with van der Waals surface area (Å²) in [6, 6.07) is 0. The van der Waals surface area contributed by atoms with Crippen molar-refractivity contribution < 1.29 is 0 Å². The van der Waals surface area contributed by atoms with Gasteiger partial charge in [-0.3, -0.25) is 0 Å². The average Bonchev–Trinajstić information content (AvgIpc) is 2.66. The molecular formula is C9H19N5S. The standard InChI is InChI=1S/C9H19N5S/c1-3-4-14-9(11-12-13-14)7-15-6-8(2)5-10/h8H,3-7,10H2,1-2H3. The van der Waals surface area contributed by atoms with Gasteiger partial charge in [0.15, 0.2) is 5.82 Å². The lowest BCUT2D eigenvalue weighted by Crippen LogP contribution is -2.13. The lowest BCUT2D eigenvalue weighted by molar-refractivity contribution is 0.564. The van der Waals surface area contributed by atoms with Crippen LogP contribution in [0.15, 0.2) is 0 Å². The predicted molar refractivity (Wildman–Crippen MR) is 62.5 cm³/mol. The van der Waals surface area contributed by atoms with E-state index in [2.05, 4.69) is 29.4 Å². The first kappa shape index (κ1) is 12.4. The predicted octanol–water partition coefficient (Wildman–Crippen LogP) is 0.911. The lowest BCUT2D eigenvalue weighted by Gasteiger charge is -2.07. The molecule has 1 atom stereocenters. The van der Waals surface area contributed by atoms with Gasteiger partial charge in [-0.1, -0.05) is 13.8 Å². The zero-order valence-electron chi connectivity index (χ0n) is 9.39. The zero-order valence-corrected chi connectivity index (χ0v) is 10.2. The van der Waals surface area contributed by atoms with Crippen LogP contribution in [0, 0.1) is 5.92 Å². The summed E-state index contributed by atoms with van der Waals surface area (Å²) in [6.07, 6.45) is 1.06. The molecule has 0 aliphatic rings. The molecule has 0 aliphatic carbocycles. The minimum Gasteiger partial charge on any atom is -0.330 e.